The van der Waals surface area contributed by atoms with Crippen LogP contribution in [0.1, 0.15) is 40.3 Å². The molecule has 0 bridgehead atoms. The number of anilines is 1. The third-order valence-electron chi connectivity index (χ3n) is 5.46. The fourth-order valence-electron chi connectivity index (χ4n) is 3.87. The van der Waals surface area contributed by atoms with Crippen molar-refractivity contribution in [3.8, 4) is 0 Å². The van der Waals surface area contributed by atoms with Crippen LogP contribution >= 0.6 is 23.1 Å². The van der Waals surface area contributed by atoms with Crippen LogP contribution in [0.4, 0.5) is 5.69 Å². The van der Waals surface area contributed by atoms with Crippen LogP contribution in [0, 0.1) is 6.92 Å². The first-order chi connectivity index (χ1) is 15.6. The zero-order chi connectivity index (χ0) is 22.1. The average Bonchev–Trinajstić information content (AvgIpc) is 2.95. The number of rotatable bonds is 4. The summed E-state index contributed by atoms with van der Waals surface area (Å²) in [7, 11) is 0. The highest BCUT2D eigenvalue weighted by Gasteiger charge is 2.22. The van der Waals surface area contributed by atoms with Gasteiger partial charge in [0.1, 0.15) is 20.7 Å². The van der Waals surface area contributed by atoms with Crippen LogP contribution < -0.4 is 10.9 Å². The van der Waals surface area contributed by atoms with Crippen molar-refractivity contribution in [1.29, 1.82) is 0 Å². The number of carbonyl (C=O) groups excluding carboxylic acids is 1. The first-order valence-electron chi connectivity index (χ1n) is 10.5. The Balaban J connectivity index is 1.43. The Morgan fingerprint density at radius 3 is 2.84 bits per heavy atom. The lowest BCUT2D eigenvalue weighted by Gasteiger charge is -2.08. The molecule has 0 aliphatic carbocycles. The Bertz CT molecular complexity index is 1360. The van der Waals surface area contributed by atoms with E-state index in [1.54, 1.807) is 23.0 Å². The summed E-state index contributed by atoms with van der Waals surface area (Å²) >= 11 is 2.71. The first kappa shape index (κ1) is 20.8. The predicted molar refractivity (Wildman–Crippen MR) is 127 cm³/mol. The van der Waals surface area contributed by atoms with Crippen LogP contribution in [0.2, 0.25) is 0 Å². The molecule has 0 spiro atoms. The molecular weight excluding hydrogens is 442 g/mol. The topological polar surface area (TPSA) is 89.8 Å². The Labute approximate surface area is 193 Å². The van der Waals surface area contributed by atoms with Gasteiger partial charge in [0.2, 0.25) is 0 Å². The van der Waals surface area contributed by atoms with Crippen molar-refractivity contribution in [3.05, 3.63) is 69.3 Å². The number of nitrogens with one attached hydrogen (secondary N) is 1. The van der Waals surface area contributed by atoms with Crippen molar-refractivity contribution in [2.75, 3.05) is 5.32 Å². The molecule has 9 heteroatoms. The SMILES string of the molecule is Cc1c(C(=O)Nc2ccnc(Sc3ccccn3)c2)sc2nc3n(c(=O)c12)CCCCC3. The summed E-state index contributed by atoms with van der Waals surface area (Å²) in [5.41, 5.74) is 1.30. The van der Waals surface area contributed by atoms with Crippen molar-refractivity contribution >= 4 is 44.9 Å². The van der Waals surface area contributed by atoms with Gasteiger partial charge in [-0.05, 0) is 49.6 Å². The maximum absolute atomic E-state index is 13.1. The van der Waals surface area contributed by atoms with E-state index in [1.807, 2.05) is 31.2 Å². The number of hydrogen-bond donors (Lipinski definition) is 1. The Hall–Kier alpha value is -3.04. The minimum absolute atomic E-state index is 0.0299. The van der Waals surface area contributed by atoms with Gasteiger partial charge in [0.15, 0.2) is 0 Å². The molecule has 1 aliphatic rings. The fraction of sp³-hybridized carbons (Fsp3) is 0.261. The van der Waals surface area contributed by atoms with E-state index in [2.05, 4.69) is 15.3 Å². The van der Waals surface area contributed by atoms with Crippen LogP contribution in [0.25, 0.3) is 10.2 Å². The van der Waals surface area contributed by atoms with E-state index in [0.29, 0.717) is 32.9 Å². The summed E-state index contributed by atoms with van der Waals surface area (Å²) in [6, 6.07) is 9.25. The molecule has 1 N–H and O–H groups in total. The van der Waals surface area contributed by atoms with Gasteiger partial charge in [0.05, 0.1) is 10.3 Å². The van der Waals surface area contributed by atoms with Gasteiger partial charge in [-0.3, -0.25) is 14.2 Å². The lowest BCUT2D eigenvalue weighted by Crippen LogP contribution is -2.24. The molecule has 4 aromatic rings. The second-order valence-electron chi connectivity index (χ2n) is 7.64. The number of thiophene rings is 1. The van der Waals surface area contributed by atoms with Crippen molar-refractivity contribution in [2.24, 2.45) is 0 Å². The summed E-state index contributed by atoms with van der Waals surface area (Å²) in [4.78, 5) is 40.8. The third kappa shape index (κ3) is 4.05. The highest BCUT2D eigenvalue weighted by molar-refractivity contribution is 7.99. The maximum atomic E-state index is 13.1. The third-order valence-corrected chi connectivity index (χ3v) is 7.52. The number of amides is 1. The van der Waals surface area contributed by atoms with E-state index < -0.39 is 0 Å². The Kier molecular flexibility index (Phi) is 5.75. The Morgan fingerprint density at radius 2 is 2.00 bits per heavy atom. The lowest BCUT2D eigenvalue weighted by atomic mass is 10.2. The number of carbonyl (C=O) groups is 1. The lowest BCUT2D eigenvalue weighted by molar-refractivity contribution is 0.103. The number of fused-ring (bicyclic) bond motifs is 2. The molecule has 7 nitrogen and oxygen atoms in total. The molecule has 0 saturated heterocycles. The molecule has 4 aromatic heterocycles. The van der Waals surface area contributed by atoms with Gasteiger partial charge < -0.3 is 5.32 Å². The molecule has 32 heavy (non-hydrogen) atoms. The summed E-state index contributed by atoms with van der Waals surface area (Å²) in [5, 5.41) is 5.07. The molecule has 5 heterocycles. The van der Waals surface area contributed by atoms with Gasteiger partial charge >= 0.3 is 0 Å². The van der Waals surface area contributed by atoms with Gasteiger partial charge in [-0.1, -0.05) is 24.2 Å². The molecule has 162 valence electrons. The zero-order valence-electron chi connectivity index (χ0n) is 17.5. The second kappa shape index (κ2) is 8.84. The van der Waals surface area contributed by atoms with Gasteiger partial charge in [0.25, 0.3) is 11.5 Å². The number of pyridine rings is 2. The molecule has 1 amide bonds. The quantitative estimate of drug-likeness (QED) is 0.472. The summed E-state index contributed by atoms with van der Waals surface area (Å²) in [6.45, 7) is 2.52. The molecule has 0 atom stereocenters. The van der Waals surface area contributed by atoms with Crippen molar-refractivity contribution in [1.82, 2.24) is 19.5 Å². The molecule has 0 aromatic carbocycles. The van der Waals surface area contributed by atoms with Crippen LogP contribution in [0.3, 0.4) is 0 Å². The largest absolute Gasteiger partial charge is 0.321 e. The van der Waals surface area contributed by atoms with Gasteiger partial charge in [0, 0.05) is 31.0 Å². The van der Waals surface area contributed by atoms with Crippen molar-refractivity contribution < 1.29 is 4.79 Å². The van der Waals surface area contributed by atoms with Crippen LogP contribution in [-0.4, -0.2) is 25.4 Å². The molecule has 1 aliphatic heterocycles. The van der Waals surface area contributed by atoms with Crippen LogP contribution in [-0.2, 0) is 13.0 Å². The molecule has 0 saturated carbocycles. The molecule has 5 rings (SSSR count). The van der Waals surface area contributed by atoms with Gasteiger partial charge in [-0.15, -0.1) is 11.3 Å². The van der Waals surface area contributed by atoms with E-state index in [-0.39, 0.29) is 11.5 Å². The summed E-state index contributed by atoms with van der Waals surface area (Å²) in [5.74, 6) is 0.587. The van der Waals surface area contributed by atoms with Crippen molar-refractivity contribution in [3.63, 3.8) is 0 Å². The number of aryl methyl sites for hydroxylation is 2. The van der Waals surface area contributed by atoms with Crippen LogP contribution in [0.15, 0.2) is 57.6 Å². The number of hydrogen-bond acceptors (Lipinski definition) is 7. The van der Waals surface area contributed by atoms with E-state index in [0.717, 1.165) is 41.6 Å². The second-order valence-corrected chi connectivity index (χ2v) is 9.68. The number of nitrogens with zero attached hydrogens (tertiary/aromatic N) is 4. The van der Waals surface area contributed by atoms with E-state index in [9.17, 15) is 9.59 Å². The van der Waals surface area contributed by atoms with E-state index in [4.69, 9.17) is 4.98 Å². The van der Waals surface area contributed by atoms with E-state index >= 15 is 0 Å². The summed E-state index contributed by atoms with van der Waals surface area (Å²) < 4.78 is 1.79. The number of aromatic nitrogens is 4. The minimum atomic E-state index is -0.245. The van der Waals surface area contributed by atoms with Crippen molar-refractivity contribution in [2.45, 2.75) is 49.2 Å². The first-order valence-corrected chi connectivity index (χ1v) is 12.1. The highest BCUT2D eigenvalue weighted by Crippen LogP contribution is 2.30. The minimum Gasteiger partial charge on any atom is -0.321 e. The predicted octanol–water partition coefficient (Wildman–Crippen LogP) is 4.69. The fourth-order valence-corrected chi connectivity index (χ4v) is 5.73. The zero-order valence-corrected chi connectivity index (χ0v) is 19.1. The smallest absolute Gasteiger partial charge is 0.266 e. The summed E-state index contributed by atoms with van der Waals surface area (Å²) in [6.07, 6.45) is 7.32. The molecular formula is C23H21N5O2S2. The molecule has 0 fully saturated rings. The monoisotopic (exact) mass is 463 g/mol. The Morgan fingerprint density at radius 1 is 1.12 bits per heavy atom. The maximum Gasteiger partial charge on any atom is 0.266 e. The van der Waals surface area contributed by atoms with Crippen LogP contribution in [0.5, 0.6) is 0 Å². The average molecular weight is 464 g/mol. The highest BCUT2D eigenvalue weighted by atomic mass is 32.2. The molecule has 0 radical (unpaired) electrons. The molecule has 0 unspecified atom stereocenters. The van der Waals surface area contributed by atoms with E-state index in [1.165, 1.54) is 23.1 Å². The standard InChI is InChI=1S/C23H21N5O2S2/c1-14-19-22(27-16-7-3-2-6-12-28(16)23(19)30)32-20(14)21(29)26-15-9-11-25-18(13-15)31-17-8-4-5-10-24-17/h4-5,8-11,13H,2-3,6-7,12H2,1H3,(H,25,26,29). The van der Waals surface area contributed by atoms with Gasteiger partial charge in [-0.25, -0.2) is 15.0 Å². The van der Waals surface area contributed by atoms with Gasteiger partial charge in [-0.2, -0.15) is 0 Å². The normalized spacial score (nSPS) is 13.5.